The standard InChI is InChI=1S/C16H23N3O/c1-6-19-13-10-8-7-9-12(13)17-14(19)11-18(5)15(20)16(2,3)4/h7-10H,6,11H2,1-5H3. The van der Waals surface area contributed by atoms with Crippen LogP contribution in [-0.4, -0.2) is 27.4 Å². The number of fused-ring (bicyclic) bond motifs is 1. The summed E-state index contributed by atoms with van der Waals surface area (Å²) in [6.45, 7) is 9.31. The monoisotopic (exact) mass is 273 g/mol. The molecule has 0 aliphatic rings. The van der Waals surface area contributed by atoms with Crippen LogP contribution in [0.15, 0.2) is 24.3 Å². The maximum absolute atomic E-state index is 12.3. The van der Waals surface area contributed by atoms with Gasteiger partial charge in [0.2, 0.25) is 5.91 Å². The molecule has 1 aromatic heterocycles. The second-order valence-electron chi connectivity index (χ2n) is 6.17. The number of amides is 1. The lowest BCUT2D eigenvalue weighted by Gasteiger charge is -2.25. The van der Waals surface area contributed by atoms with Gasteiger partial charge in [0, 0.05) is 19.0 Å². The maximum Gasteiger partial charge on any atom is 0.228 e. The average Bonchev–Trinajstić information content (AvgIpc) is 2.73. The molecule has 1 amide bonds. The molecule has 0 spiro atoms. The molecule has 0 bridgehead atoms. The molecule has 2 rings (SSSR count). The highest BCUT2D eigenvalue weighted by molar-refractivity contribution is 5.81. The van der Waals surface area contributed by atoms with Crippen LogP contribution in [0.4, 0.5) is 0 Å². The van der Waals surface area contributed by atoms with E-state index in [2.05, 4.69) is 22.5 Å². The molecule has 1 heterocycles. The highest BCUT2D eigenvalue weighted by Gasteiger charge is 2.26. The fourth-order valence-corrected chi connectivity index (χ4v) is 2.46. The summed E-state index contributed by atoms with van der Waals surface area (Å²) in [6, 6.07) is 8.09. The number of nitrogens with zero attached hydrogens (tertiary/aromatic N) is 3. The number of para-hydroxylation sites is 2. The summed E-state index contributed by atoms with van der Waals surface area (Å²) in [6.07, 6.45) is 0. The van der Waals surface area contributed by atoms with E-state index >= 15 is 0 Å². The highest BCUT2D eigenvalue weighted by Crippen LogP contribution is 2.20. The highest BCUT2D eigenvalue weighted by atomic mass is 16.2. The Bertz CT molecular complexity index is 622. The Balaban J connectivity index is 2.32. The van der Waals surface area contributed by atoms with Crippen molar-refractivity contribution in [2.45, 2.75) is 40.8 Å². The Kier molecular flexibility index (Phi) is 3.84. The fourth-order valence-electron chi connectivity index (χ4n) is 2.46. The number of benzene rings is 1. The van der Waals surface area contributed by atoms with Crippen LogP contribution in [0.2, 0.25) is 0 Å². The zero-order chi connectivity index (χ0) is 14.9. The molecule has 0 saturated carbocycles. The summed E-state index contributed by atoms with van der Waals surface area (Å²) in [4.78, 5) is 18.7. The van der Waals surface area contributed by atoms with Crippen LogP contribution in [0.3, 0.4) is 0 Å². The molecule has 108 valence electrons. The first kappa shape index (κ1) is 14.6. The normalized spacial score (nSPS) is 11.8. The number of hydrogen-bond acceptors (Lipinski definition) is 2. The zero-order valence-corrected chi connectivity index (χ0v) is 13.0. The molecule has 0 unspecified atom stereocenters. The van der Waals surface area contributed by atoms with E-state index in [1.165, 1.54) is 0 Å². The Morgan fingerprint density at radius 2 is 1.95 bits per heavy atom. The van der Waals surface area contributed by atoms with Crippen LogP contribution >= 0.6 is 0 Å². The number of rotatable bonds is 3. The molecule has 0 atom stereocenters. The third kappa shape index (κ3) is 2.69. The van der Waals surface area contributed by atoms with Gasteiger partial charge >= 0.3 is 0 Å². The van der Waals surface area contributed by atoms with Gasteiger partial charge in [0.1, 0.15) is 5.82 Å². The van der Waals surface area contributed by atoms with Gasteiger partial charge in [0.15, 0.2) is 0 Å². The number of carbonyl (C=O) groups excluding carboxylic acids is 1. The number of carbonyl (C=O) groups is 1. The van der Waals surface area contributed by atoms with Crippen molar-refractivity contribution >= 4 is 16.9 Å². The average molecular weight is 273 g/mol. The van der Waals surface area contributed by atoms with E-state index < -0.39 is 0 Å². The van der Waals surface area contributed by atoms with Gasteiger partial charge in [-0.25, -0.2) is 4.98 Å². The maximum atomic E-state index is 12.3. The Hall–Kier alpha value is -1.84. The molecule has 4 heteroatoms. The second kappa shape index (κ2) is 5.27. The molecule has 0 saturated heterocycles. The Labute approximate surface area is 120 Å². The molecular weight excluding hydrogens is 250 g/mol. The lowest BCUT2D eigenvalue weighted by atomic mass is 9.95. The first-order chi connectivity index (χ1) is 9.34. The van der Waals surface area contributed by atoms with E-state index in [0.717, 1.165) is 23.4 Å². The predicted octanol–water partition coefficient (Wildman–Crippen LogP) is 3.06. The summed E-state index contributed by atoms with van der Waals surface area (Å²) in [5, 5.41) is 0. The van der Waals surface area contributed by atoms with Crippen molar-refractivity contribution in [2.75, 3.05) is 7.05 Å². The van der Waals surface area contributed by atoms with Crippen molar-refractivity contribution in [3.63, 3.8) is 0 Å². The van der Waals surface area contributed by atoms with Crippen molar-refractivity contribution in [3.05, 3.63) is 30.1 Å². The van der Waals surface area contributed by atoms with Crippen molar-refractivity contribution in [1.29, 1.82) is 0 Å². The minimum Gasteiger partial charge on any atom is -0.338 e. The summed E-state index contributed by atoms with van der Waals surface area (Å²) in [7, 11) is 1.84. The third-order valence-electron chi connectivity index (χ3n) is 3.42. The van der Waals surface area contributed by atoms with Gasteiger partial charge in [-0.15, -0.1) is 0 Å². The van der Waals surface area contributed by atoms with Gasteiger partial charge in [-0.3, -0.25) is 4.79 Å². The van der Waals surface area contributed by atoms with Gasteiger partial charge in [0.25, 0.3) is 0 Å². The number of aryl methyl sites for hydroxylation is 1. The summed E-state index contributed by atoms with van der Waals surface area (Å²) in [5.74, 6) is 1.07. The zero-order valence-electron chi connectivity index (χ0n) is 13.0. The first-order valence-electron chi connectivity index (χ1n) is 7.04. The van der Waals surface area contributed by atoms with E-state index in [4.69, 9.17) is 0 Å². The van der Waals surface area contributed by atoms with Gasteiger partial charge in [-0.1, -0.05) is 32.9 Å². The Morgan fingerprint density at radius 1 is 1.30 bits per heavy atom. The molecule has 0 N–H and O–H groups in total. The SMILES string of the molecule is CCn1c(CN(C)C(=O)C(C)(C)C)nc2ccccc21. The molecule has 0 aliphatic carbocycles. The Morgan fingerprint density at radius 3 is 2.55 bits per heavy atom. The van der Waals surface area contributed by atoms with Gasteiger partial charge in [-0.2, -0.15) is 0 Å². The van der Waals surface area contributed by atoms with Crippen molar-refractivity contribution in [3.8, 4) is 0 Å². The van der Waals surface area contributed by atoms with Gasteiger partial charge in [0.05, 0.1) is 17.6 Å². The van der Waals surface area contributed by atoms with E-state index in [0.29, 0.717) is 6.54 Å². The van der Waals surface area contributed by atoms with E-state index in [9.17, 15) is 4.79 Å². The van der Waals surface area contributed by atoms with Crippen LogP contribution in [0.25, 0.3) is 11.0 Å². The van der Waals surface area contributed by atoms with Crippen LogP contribution < -0.4 is 0 Å². The minimum absolute atomic E-state index is 0.132. The first-order valence-corrected chi connectivity index (χ1v) is 7.04. The molecule has 2 aromatic rings. The summed E-state index contributed by atoms with van der Waals surface area (Å²) < 4.78 is 2.17. The van der Waals surface area contributed by atoms with Crippen LogP contribution in [0.1, 0.15) is 33.5 Å². The van der Waals surface area contributed by atoms with E-state index in [-0.39, 0.29) is 11.3 Å². The lowest BCUT2D eigenvalue weighted by molar-refractivity contribution is -0.138. The minimum atomic E-state index is -0.363. The lowest BCUT2D eigenvalue weighted by Crippen LogP contribution is -2.36. The fraction of sp³-hybridized carbons (Fsp3) is 0.500. The largest absolute Gasteiger partial charge is 0.338 e. The number of imidazole rings is 1. The molecule has 0 fully saturated rings. The van der Waals surface area contributed by atoms with E-state index in [1.54, 1.807) is 4.90 Å². The molecular formula is C16H23N3O. The summed E-state index contributed by atoms with van der Waals surface area (Å²) >= 11 is 0. The van der Waals surface area contributed by atoms with Crippen molar-refractivity contribution in [1.82, 2.24) is 14.5 Å². The topological polar surface area (TPSA) is 38.1 Å². The van der Waals surface area contributed by atoms with Crippen LogP contribution in [0, 0.1) is 5.41 Å². The molecule has 1 aromatic carbocycles. The smallest absolute Gasteiger partial charge is 0.228 e. The van der Waals surface area contributed by atoms with Crippen molar-refractivity contribution in [2.24, 2.45) is 5.41 Å². The van der Waals surface area contributed by atoms with Crippen LogP contribution in [0.5, 0.6) is 0 Å². The van der Waals surface area contributed by atoms with E-state index in [1.807, 2.05) is 46.0 Å². The predicted molar refractivity (Wildman–Crippen MR) is 81.3 cm³/mol. The number of hydrogen-bond donors (Lipinski definition) is 0. The van der Waals surface area contributed by atoms with Gasteiger partial charge in [-0.05, 0) is 19.1 Å². The second-order valence-corrected chi connectivity index (χ2v) is 6.17. The molecule has 20 heavy (non-hydrogen) atoms. The quantitative estimate of drug-likeness (QED) is 0.862. The van der Waals surface area contributed by atoms with Gasteiger partial charge < -0.3 is 9.47 Å². The molecule has 0 radical (unpaired) electrons. The van der Waals surface area contributed by atoms with Crippen molar-refractivity contribution < 1.29 is 4.79 Å². The third-order valence-corrected chi connectivity index (χ3v) is 3.42. The molecule has 0 aliphatic heterocycles. The molecule has 4 nitrogen and oxygen atoms in total. The van der Waals surface area contributed by atoms with Crippen LogP contribution in [-0.2, 0) is 17.9 Å². The number of aromatic nitrogens is 2. The summed E-state index contributed by atoms with van der Waals surface area (Å²) in [5.41, 5.74) is 1.75.